The minimum absolute atomic E-state index is 0.203. The lowest BCUT2D eigenvalue weighted by atomic mass is 10.2. The third-order valence-corrected chi connectivity index (χ3v) is 3.69. The van der Waals surface area contributed by atoms with Crippen LogP contribution in [-0.2, 0) is 0 Å². The Hall–Kier alpha value is -2.99. The zero-order chi connectivity index (χ0) is 17.8. The fraction of sp³-hybridized carbons (Fsp3) is 0.0556. The van der Waals surface area contributed by atoms with Crippen molar-refractivity contribution in [2.75, 3.05) is 10.6 Å². The van der Waals surface area contributed by atoms with E-state index in [0.717, 1.165) is 5.56 Å². The molecule has 0 aliphatic heterocycles. The highest BCUT2D eigenvalue weighted by atomic mass is 35.5. The second-order valence-corrected chi connectivity index (χ2v) is 5.77. The lowest BCUT2D eigenvalue weighted by Crippen LogP contribution is -2.15. The maximum Gasteiger partial charge on any atom is 0.274 e. The Balaban J connectivity index is 1.76. The molecule has 5 nitrogen and oxygen atoms in total. The number of nitrogens with zero attached hydrogens (tertiary/aromatic N) is 2. The van der Waals surface area contributed by atoms with Gasteiger partial charge in [0.1, 0.15) is 23.7 Å². The molecule has 7 heteroatoms. The number of carbonyl (C=O) groups excluding carboxylic acids is 1. The molecular formula is C18H14ClFN4O. The summed E-state index contributed by atoms with van der Waals surface area (Å²) in [5, 5.41) is 6.38. The van der Waals surface area contributed by atoms with Crippen molar-refractivity contribution in [2.24, 2.45) is 0 Å². The zero-order valence-electron chi connectivity index (χ0n) is 13.3. The first-order valence-corrected chi connectivity index (χ1v) is 7.81. The van der Waals surface area contributed by atoms with Gasteiger partial charge in [-0.15, -0.1) is 0 Å². The van der Waals surface area contributed by atoms with E-state index in [0.29, 0.717) is 22.2 Å². The van der Waals surface area contributed by atoms with Crippen LogP contribution >= 0.6 is 11.6 Å². The molecule has 25 heavy (non-hydrogen) atoms. The standard InChI is InChI=1S/C18H14ClFN4O/c1-11-8-12(19)2-7-15(11)24-18(25)16-9-17(22-10-21-16)23-14-5-3-13(20)4-6-14/h2-10H,1H3,(H,24,25)(H,21,22,23). The molecule has 1 heterocycles. The van der Waals surface area contributed by atoms with Crippen LogP contribution in [0.1, 0.15) is 16.1 Å². The Morgan fingerprint density at radius 3 is 2.56 bits per heavy atom. The van der Waals surface area contributed by atoms with Crippen LogP contribution in [0, 0.1) is 12.7 Å². The van der Waals surface area contributed by atoms with Gasteiger partial charge in [-0.05, 0) is 55.0 Å². The van der Waals surface area contributed by atoms with Crippen LogP contribution in [0.15, 0.2) is 54.9 Å². The molecule has 3 aromatic rings. The summed E-state index contributed by atoms with van der Waals surface area (Å²) in [5.74, 6) is -0.263. The Bertz CT molecular complexity index is 915. The van der Waals surface area contributed by atoms with Crippen LogP contribution in [0.2, 0.25) is 5.02 Å². The van der Waals surface area contributed by atoms with Gasteiger partial charge in [-0.3, -0.25) is 4.79 Å². The lowest BCUT2D eigenvalue weighted by Gasteiger charge is -2.09. The Kier molecular flexibility index (Phi) is 4.90. The van der Waals surface area contributed by atoms with E-state index in [1.807, 2.05) is 6.92 Å². The number of halogens is 2. The largest absolute Gasteiger partial charge is 0.340 e. The SMILES string of the molecule is Cc1cc(Cl)ccc1NC(=O)c1cc(Nc2ccc(F)cc2)ncn1. The smallest absolute Gasteiger partial charge is 0.274 e. The van der Waals surface area contributed by atoms with Crippen molar-refractivity contribution in [2.45, 2.75) is 6.92 Å². The molecule has 0 atom stereocenters. The van der Waals surface area contributed by atoms with Gasteiger partial charge < -0.3 is 10.6 Å². The van der Waals surface area contributed by atoms with Gasteiger partial charge in [0.15, 0.2) is 0 Å². The van der Waals surface area contributed by atoms with E-state index in [1.54, 1.807) is 30.3 Å². The molecule has 0 fully saturated rings. The zero-order valence-corrected chi connectivity index (χ0v) is 14.0. The van der Waals surface area contributed by atoms with E-state index in [9.17, 15) is 9.18 Å². The number of anilines is 3. The summed E-state index contributed by atoms with van der Waals surface area (Å²) in [4.78, 5) is 20.4. The summed E-state index contributed by atoms with van der Waals surface area (Å²) in [7, 11) is 0. The molecule has 0 saturated carbocycles. The second kappa shape index (κ2) is 7.27. The fourth-order valence-corrected chi connectivity index (χ4v) is 2.41. The van der Waals surface area contributed by atoms with E-state index in [1.165, 1.54) is 24.5 Å². The fourth-order valence-electron chi connectivity index (χ4n) is 2.18. The van der Waals surface area contributed by atoms with Gasteiger partial charge in [-0.25, -0.2) is 14.4 Å². The molecule has 126 valence electrons. The highest BCUT2D eigenvalue weighted by molar-refractivity contribution is 6.30. The van der Waals surface area contributed by atoms with Crippen LogP contribution in [-0.4, -0.2) is 15.9 Å². The average molecular weight is 357 g/mol. The normalized spacial score (nSPS) is 10.4. The van der Waals surface area contributed by atoms with Crippen molar-refractivity contribution < 1.29 is 9.18 Å². The molecule has 0 bridgehead atoms. The first-order valence-electron chi connectivity index (χ1n) is 7.43. The number of aromatic nitrogens is 2. The number of carbonyl (C=O) groups is 1. The van der Waals surface area contributed by atoms with Gasteiger partial charge in [0.05, 0.1) is 0 Å². The van der Waals surface area contributed by atoms with Crippen LogP contribution in [0.25, 0.3) is 0 Å². The number of nitrogens with one attached hydrogen (secondary N) is 2. The van der Waals surface area contributed by atoms with E-state index >= 15 is 0 Å². The highest BCUT2D eigenvalue weighted by Gasteiger charge is 2.11. The molecule has 0 aliphatic carbocycles. The monoisotopic (exact) mass is 356 g/mol. The van der Waals surface area contributed by atoms with Crippen molar-refractivity contribution in [3.8, 4) is 0 Å². The van der Waals surface area contributed by atoms with Crippen LogP contribution < -0.4 is 10.6 Å². The summed E-state index contributed by atoms with van der Waals surface area (Å²) in [5.41, 5.74) is 2.36. The van der Waals surface area contributed by atoms with Crippen molar-refractivity contribution in [3.63, 3.8) is 0 Å². The lowest BCUT2D eigenvalue weighted by molar-refractivity contribution is 0.102. The van der Waals surface area contributed by atoms with Crippen molar-refractivity contribution in [1.82, 2.24) is 9.97 Å². The minimum atomic E-state index is -0.366. The van der Waals surface area contributed by atoms with E-state index in [4.69, 9.17) is 11.6 Å². The second-order valence-electron chi connectivity index (χ2n) is 5.33. The summed E-state index contributed by atoms with van der Waals surface area (Å²) in [6.07, 6.45) is 1.29. The molecule has 0 spiro atoms. The summed E-state index contributed by atoms with van der Waals surface area (Å²) >= 11 is 5.91. The third-order valence-electron chi connectivity index (χ3n) is 3.45. The minimum Gasteiger partial charge on any atom is -0.340 e. The molecule has 2 N–H and O–H groups in total. The number of hydrogen-bond donors (Lipinski definition) is 2. The topological polar surface area (TPSA) is 66.9 Å². The summed E-state index contributed by atoms with van der Waals surface area (Å²) in [6.45, 7) is 1.85. The summed E-state index contributed by atoms with van der Waals surface area (Å²) < 4.78 is 12.9. The van der Waals surface area contributed by atoms with Crippen LogP contribution in [0.5, 0.6) is 0 Å². The highest BCUT2D eigenvalue weighted by Crippen LogP contribution is 2.20. The van der Waals surface area contributed by atoms with Crippen molar-refractivity contribution in [1.29, 1.82) is 0 Å². The Morgan fingerprint density at radius 2 is 1.84 bits per heavy atom. The van der Waals surface area contributed by atoms with E-state index < -0.39 is 0 Å². The molecular weight excluding hydrogens is 343 g/mol. The number of amides is 1. The number of hydrogen-bond acceptors (Lipinski definition) is 4. The van der Waals surface area contributed by atoms with Gasteiger partial charge in [0.25, 0.3) is 5.91 Å². The maximum absolute atomic E-state index is 12.9. The quantitative estimate of drug-likeness (QED) is 0.718. The van der Waals surface area contributed by atoms with Crippen LogP contribution in [0.4, 0.5) is 21.6 Å². The summed E-state index contributed by atoms with van der Waals surface area (Å²) in [6, 6.07) is 12.5. The van der Waals surface area contributed by atoms with E-state index in [2.05, 4.69) is 20.6 Å². The number of aryl methyl sites for hydroxylation is 1. The predicted octanol–water partition coefficient (Wildman–Crippen LogP) is 4.57. The molecule has 1 aromatic heterocycles. The van der Waals surface area contributed by atoms with Gasteiger partial charge in [-0.1, -0.05) is 11.6 Å². The molecule has 1 amide bonds. The van der Waals surface area contributed by atoms with Crippen LogP contribution in [0.3, 0.4) is 0 Å². The van der Waals surface area contributed by atoms with E-state index in [-0.39, 0.29) is 17.4 Å². The predicted molar refractivity (Wildman–Crippen MR) is 95.9 cm³/mol. The van der Waals surface area contributed by atoms with Crippen molar-refractivity contribution >= 4 is 34.7 Å². The number of rotatable bonds is 4. The molecule has 0 aliphatic rings. The molecule has 0 unspecified atom stereocenters. The molecule has 0 saturated heterocycles. The molecule has 3 rings (SSSR count). The van der Waals surface area contributed by atoms with Crippen molar-refractivity contribution in [3.05, 3.63) is 77.0 Å². The first-order chi connectivity index (χ1) is 12.0. The maximum atomic E-state index is 12.9. The number of benzene rings is 2. The van der Waals surface area contributed by atoms with Gasteiger partial charge in [-0.2, -0.15) is 0 Å². The Morgan fingerprint density at radius 1 is 1.08 bits per heavy atom. The average Bonchev–Trinajstić information content (AvgIpc) is 2.60. The van der Waals surface area contributed by atoms with Gasteiger partial charge in [0.2, 0.25) is 0 Å². The first kappa shape index (κ1) is 16.9. The Labute approximate surface area is 148 Å². The molecule has 2 aromatic carbocycles. The van der Waals surface area contributed by atoms with Gasteiger partial charge in [0, 0.05) is 22.5 Å². The molecule has 0 radical (unpaired) electrons. The third kappa shape index (κ3) is 4.30. The van der Waals surface area contributed by atoms with Gasteiger partial charge >= 0.3 is 0 Å².